The van der Waals surface area contributed by atoms with E-state index in [1.807, 2.05) is 30.5 Å². The first-order valence-corrected chi connectivity index (χ1v) is 7.85. The Kier molecular flexibility index (Phi) is 3.49. The fourth-order valence-corrected chi connectivity index (χ4v) is 2.89. The van der Waals surface area contributed by atoms with Crippen molar-refractivity contribution in [3.63, 3.8) is 0 Å². The van der Waals surface area contributed by atoms with Gasteiger partial charge in [-0.15, -0.1) is 10.2 Å². The zero-order chi connectivity index (χ0) is 15.6. The Morgan fingerprint density at radius 3 is 3.09 bits per heavy atom. The molecular weight excluding hydrogens is 288 g/mol. The Morgan fingerprint density at radius 1 is 1.30 bits per heavy atom. The fraction of sp³-hybridized carbons (Fsp3) is 0.294. The lowest BCUT2D eigenvalue weighted by molar-refractivity contribution is 0.607. The lowest BCUT2D eigenvalue weighted by Crippen LogP contribution is -2.07. The monoisotopic (exact) mass is 306 g/mol. The number of para-hydroxylation sites is 1. The lowest BCUT2D eigenvalue weighted by atomic mass is 9.91. The number of H-pyrrole nitrogens is 1. The molecule has 4 rings (SSSR count). The Morgan fingerprint density at radius 2 is 2.22 bits per heavy atom. The molecule has 6 nitrogen and oxygen atoms in total. The lowest BCUT2D eigenvalue weighted by Gasteiger charge is -2.15. The van der Waals surface area contributed by atoms with E-state index in [9.17, 15) is 0 Å². The van der Waals surface area contributed by atoms with E-state index < -0.39 is 0 Å². The van der Waals surface area contributed by atoms with E-state index in [1.165, 1.54) is 5.57 Å². The van der Waals surface area contributed by atoms with Crippen molar-refractivity contribution in [2.75, 3.05) is 5.43 Å². The SMILES string of the molecule is CC1=CC[C@H](/C=N\Nc2nnc3c(n2)[nH]c2ccccc23)CC1. The van der Waals surface area contributed by atoms with Crippen molar-refractivity contribution < 1.29 is 0 Å². The summed E-state index contributed by atoms with van der Waals surface area (Å²) in [4.78, 5) is 7.69. The van der Waals surface area contributed by atoms with Crippen LogP contribution < -0.4 is 5.43 Å². The summed E-state index contributed by atoms with van der Waals surface area (Å²) in [7, 11) is 0. The Balaban J connectivity index is 1.52. The number of rotatable bonds is 3. The highest BCUT2D eigenvalue weighted by atomic mass is 15.4. The molecule has 116 valence electrons. The van der Waals surface area contributed by atoms with Crippen molar-refractivity contribution in [3.8, 4) is 0 Å². The number of allylic oxidation sites excluding steroid dienone is 2. The second-order valence-corrected chi connectivity index (χ2v) is 5.98. The number of fused-ring (bicyclic) bond motifs is 3. The summed E-state index contributed by atoms with van der Waals surface area (Å²) in [6, 6.07) is 7.97. The molecule has 1 atom stereocenters. The quantitative estimate of drug-likeness (QED) is 0.440. The zero-order valence-electron chi connectivity index (χ0n) is 13.0. The Bertz CT molecular complexity index is 908. The molecule has 1 aliphatic carbocycles. The molecule has 2 heterocycles. The van der Waals surface area contributed by atoms with Gasteiger partial charge in [-0.25, -0.2) is 5.43 Å². The Labute approximate surface area is 133 Å². The van der Waals surface area contributed by atoms with Crippen LogP contribution in [0.2, 0.25) is 0 Å². The molecule has 0 aliphatic heterocycles. The van der Waals surface area contributed by atoms with E-state index in [2.05, 4.69) is 43.7 Å². The van der Waals surface area contributed by atoms with Crippen LogP contribution in [-0.4, -0.2) is 26.4 Å². The normalized spacial score (nSPS) is 18.7. The van der Waals surface area contributed by atoms with Gasteiger partial charge in [0.1, 0.15) is 5.52 Å². The first-order chi connectivity index (χ1) is 11.3. The number of benzene rings is 1. The number of aromatic nitrogens is 4. The predicted molar refractivity (Wildman–Crippen MR) is 92.4 cm³/mol. The van der Waals surface area contributed by atoms with Gasteiger partial charge in [-0.1, -0.05) is 29.8 Å². The number of anilines is 1. The molecule has 0 radical (unpaired) electrons. The smallest absolute Gasteiger partial charge is 0.265 e. The average Bonchev–Trinajstić information content (AvgIpc) is 2.94. The van der Waals surface area contributed by atoms with Crippen LogP contribution in [0.1, 0.15) is 26.2 Å². The van der Waals surface area contributed by atoms with E-state index in [0.29, 0.717) is 11.9 Å². The minimum atomic E-state index is 0.405. The molecule has 0 unspecified atom stereocenters. The minimum absolute atomic E-state index is 0.405. The van der Waals surface area contributed by atoms with Crippen LogP contribution in [0.3, 0.4) is 0 Å². The van der Waals surface area contributed by atoms with E-state index in [-0.39, 0.29) is 0 Å². The number of hydrazone groups is 1. The van der Waals surface area contributed by atoms with Crippen molar-refractivity contribution in [1.29, 1.82) is 0 Å². The molecule has 0 saturated heterocycles. The van der Waals surface area contributed by atoms with Gasteiger partial charge in [-0.05, 0) is 38.2 Å². The summed E-state index contributed by atoms with van der Waals surface area (Å²) >= 11 is 0. The van der Waals surface area contributed by atoms with Gasteiger partial charge in [0.05, 0.1) is 0 Å². The topological polar surface area (TPSA) is 78.8 Å². The largest absolute Gasteiger partial charge is 0.338 e. The number of aromatic amines is 1. The third kappa shape index (κ3) is 2.79. The van der Waals surface area contributed by atoms with Crippen molar-refractivity contribution in [3.05, 3.63) is 35.9 Å². The molecule has 23 heavy (non-hydrogen) atoms. The molecule has 0 fully saturated rings. The van der Waals surface area contributed by atoms with E-state index in [4.69, 9.17) is 0 Å². The van der Waals surface area contributed by atoms with Crippen LogP contribution in [0, 0.1) is 5.92 Å². The molecule has 1 aromatic carbocycles. The first kappa shape index (κ1) is 13.9. The molecule has 0 amide bonds. The van der Waals surface area contributed by atoms with E-state index >= 15 is 0 Å². The van der Waals surface area contributed by atoms with Gasteiger partial charge in [-0.2, -0.15) is 10.1 Å². The zero-order valence-corrected chi connectivity index (χ0v) is 13.0. The van der Waals surface area contributed by atoms with Gasteiger partial charge in [0.25, 0.3) is 5.95 Å². The van der Waals surface area contributed by atoms with Gasteiger partial charge in [0, 0.05) is 17.1 Å². The maximum atomic E-state index is 4.44. The molecule has 2 aromatic heterocycles. The van der Waals surface area contributed by atoms with Crippen LogP contribution in [0.4, 0.5) is 5.95 Å². The van der Waals surface area contributed by atoms with Gasteiger partial charge in [-0.3, -0.25) is 0 Å². The second kappa shape index (κ2) is 5.79. The standard InChI is InChI=1S/C17H18N6/c1-11-6-8-12(9-7-11)10-18-22-17-20-16-15(21-23-17)13-4-2-3-5-14(13)19-16/h2-6,10,12H,7-9H2,1H3,(H2,19,20,22,23)/b18-10-/t12-/m0/s1. The van der Waals surface area contributed by atoms with Gasteiger partial charge in [0.15, 0.2) is 5.65 Å². The Hall–Kier alpha value is -2.76. The molecule has 0 saturated carbocycles. The summed E-state index contributed by atoms with van der Waals surface area (Å²) in [5.41, 5.74) is 6.86. The van der Waals surface area contributed by atoms with Crippen LogP contribution in [0.15, 0.2) is 41.0 Å². The maximum absolute atomic E-state index is 4.44. The van der Waals surface area contributed by atoms with Gasteiger partial charge < -0.3 is 4.98 Å². The highest BCUT2D eigenvalue weighted by Crippen LogP contribution is 2.22. The summed E-state index contributed by atoms with van der Waals surface area (Å²) in [5.74, 6) is 0.888. The van der Waals surface area contributed by atoms with Crippen LogP contribution in [-0.2, 0) is 0 Å². The fourth-order valence-electron chi connectivity index (χ4n) is 2.89. The van der Waals surface area contributed by atoms with Crippen molar-refractivity contribution in [2.45, 2.75) is 26.2 Å². The molecule has 6 heteroatoms. The van der Waals surface area contributed by atoms with Crippen molar-refractivity contribution in [2.24, 2.45) is 11.0 Å². The molecule has 2 N–H and O–H groups in total. The van der Waals surface area contributed by atoms with E-state index in [0.717, 1.165) is 41.3 Å². The molecule has 3 aromatic rings. The predicted octanol–water partition coefficient (Wildman–Crippen LogP) is 3.65. The minimum Gasteiger partial charge on any atom is -0.338 e. The van der Waals surface area contributed by atoms with Crippen molar-refractivity contribution >= 4 is 34.2 Å². The van der Waals surface area contributed by atoms with Gasteiger partial charge in [0.2, 0.25) is 0 Å². The van der Waals surface area contributed by atoms with Crippen molar-refractivity contribution in [1.82, 2.24) is 20.2 Å². The third-order valence-electron chi connectivity index (χ3n) is 4.25. The maximum Gasteiger partial charge on any atom is 0.265 e. The highest BCUT2D eigenvalue weighted by Gasteiger charge is 2.10. The molecule has 1 aliphatic rings. The number of nitrogens with zero attached hydrogens (tertiary/aromatic N) is 4. The number of hydrogen-bond donors (Lipinski definition) is 2. The molecule has 0 bridgehead atoms. The summed E-state index contributed by atoms with van der Waals surface area (Å²) in [6.45, 7) is 2.18. The van der Waals surface area contributed by atoms with Crippen LogP contribution >= 0.6 is 0 Å². The van der Waals surface area contributed by atoms with Gasteiger partial charge >= 0.3 is 0 Å². The summed E-state index contributed by atoms with van der Waals surface area (Å²) in [6.07, 6.45) is 7.58. The van der Waals surface area contributed by atoms with E-state index in [1.54, 1.807) is 0 Å². The van der Waals surface area contributed by atoms with Crippen LogP contribution in [0.5, 0.6) is 0 Å². The average molecular weight is 306 g/mol. The summed E-state index contributed by atoms with van der Waals surface area (Å²) in [5, 5.41) is 13.7. The molecule has 0 spiro atoms. The highest BCUT2D eigenvalue weighted by molar-refractivity contribution is 6.03. The third-order valence-corrected chi connectivity index (χ3v) is 4.25. The molecular formula is C17H18N6. The second-order valence-electron chi connectivity index (χ2n) is 5.98. The number of hydrogen-bond acceptors (Lipinski definition) is 5. The number of nitrogens with one attached hydrogen (secondary N) is 2. The summed E-state index contributed by atoms with van der Waals surface area (Å²) < 4.78 is 0. The van der Waals surface area contributed by atoms with Crippen LogP contribution in [0.25, 0.3) is 22.1 Å². The first-order valence-electron chi connectivity index (χ1n) is 7.85.